The van der Waals surface area contributed by atoms with E-state index in [1.54, 1.807) is 11.1 Å². The van der Waals surface area contributed by atoms with Crippen molar-refractivity contribution < 1.29 is 4.79 Å². The fourth-order valence-electron chi connectivity index (χ4n) is 2.59. The number of nitrogen functional groups attached to an aromatic ring is 1. The molecule has 1 fully saturated rings. The summed E-state index contributed by atoms with van der Waals surface area (Å²) in [4.78, 5) is 20.1. The van der Waals surface area contributed by atoms with E-state index in [9.17, 15) is 4.79 Å². The van der Waals surface area contributed by atoms with Crippen LogP contribution in [0.4, 0.5) is 11.4 Å². The lowest BCUT2D eigenvalue weighted by molar-refractivity contribution is -0.129. The Morgan fingerprint density at radius 1 is 1.25 bits per heavy atom. The number of amides is 1. The number of rotatable bonds is 1. The Kier molecular flexibility index (Phi) is 2.97. The molecule has 1 aromatic heterocycles. The molecule has 0 bridgehead atoms. The second-order valence-electron chi connectivity index (χ2n) is 5.28. The number of fused-ring (bicyclic) bond motifs is 1. The van der Waals surface area contributed by atoms with Gasteiger partial charge >= 0.3 is 0 Å². The molecular weight excluding hydrogens is 252 g/mol. The number of pyridine rings is 1. The van der Waals surface area contributed by atoms with E-state index < -0.39 is 0 Å². The van der Waals surface area contributed by atoms with Gasteiger partial charge in [0.25, 0.3) is 0 Å². The van der Waals surface area contributed by atoms with Gasteiger partial charge in [0.05, 0.1) is 6.54 Å². The Labute approximate surface area is 118 Å². The highest BCUT2D eigenvalue weighted by molar-refractivity contribution is 6.02. The predicted octanol–water partition coefficient (Wildman–Crippen LogP) is 1.40. The number of likely N-dealkylation sites (N-methyl/N-ethyl adjacent to an activating group) is 1. The summed E-state index contributed by atoms with van der Waals surface area (Å²) in [7, 11) is 1.84. The SMILES string of the molecule is Cc1cc2c(N3CCN(C)C(=O)C3)ccc(N)c2cn1. The van der Waals surface area contributed by atoms with Crippen molar-refractivity contribution in [2.75, 3.05) is 37.3 Å². The molecular formula is C15H18N4O. The quantitative estimate of drug-likeness (QED) is 0.796. The summed E-state index contributed by atoms with van der Waals surface area (Å²) in [5.41, 5.74) is 8.75. The molecule has 2 N–H and O–H groups in total. The van der Waals surface area contributed by atoms with Crippen molar-refractivity contribution >= 4 is 28.1 Å². The van der Waals surface area contributed by atoms with Crippen LogP contribution in [0, 0.1) is 6.92 Å². The van der Waals surface area contributed by atoms with Gasteiger partial charge in [-0.25, -0.2) is 0 Å². The number of aryl methyl sites for hydroxylation is 1. The number of carbonyl (C=O) groups excluding carboxylic acids is 1. The molecule has 3 rings (SSSR count). The number of hydrogen-bond donors (Lipinski definition) is 1. The van der Waals surface area contributed by atoms with Crippen LogP contribution in [0.1, 0.15) is 5.69 Å². The summed E-state index contributed by atoms with van der Waals surface area (Å²) in [6.45, 7) is 3.95. The van der Waals surface area contributed by atoms with E-state index in [2.05, 4.69) is 9.88 Å². The lowest BCUT2D eigenvalue weighted by Crippen LogP contribution is -2.48. The van der Waals surface area contributed by atoms with Gasteiger partial charge in [-0.15, -0.1) is 0 Å². The third-order valence-corrected chi connectivity index (χ3v) is 3.85. The number of aromatic nitrogens is 1. The van der Waals surface area contributed by atoms with Gasteiger partial charge in [0.1, 0.15) is 0 Å². The Morgan fingerprint density at radius 2 is 2.05 bits per heavy atom. The highest BCUT2D eigenvalue weighted by Gasteiger charge is 2.22. The first-order chi connectivity index (χ1) is 9.56. The van der Waals surface area contributed by atoms with Crippen LogP contribution in [-0.2, 0) is 4.79 Å². The Balaban J connectivity index is 2.10. The summed E-state index contributed by atoms with van der Waals surface area (Å²) in [6.07, 6.45) is 1.81. The van der Waals surface area contributed by atoms with Crippen LogP contribution in [0.2, 0.25) is 0 Å². The van der Waals surface area contributed by atoms with Crippen LogP contribution in [-0.4, -0.2) is 42.5 Å². The van der Waals surface area contributed by atoms with Crippen molar-refractivity contribution in [2.45, 2.75) is 6.92 Å². The van der Waals surface area contributed by atoms with Crippen molar-refractivity contribution in [3.05, 3.63) is 30.1 Å². The highest BCUT2D eigenvalue weighted by Crippen LogP contribution is 2.31. The van der Waals surface area contributed by atoms with Gasteiger partial charge in [-0.05, 0) is 25.1 Å². The number of carbonyl (C=O) groups is 1. The van der Waals surface area contributed by atoms with E-state index in [0.29, 0.717) is 6.54 Å². The third kappa shape index (κ3) is 2.05. The van der Waals surface area contributed by atoms with Gasteiger partial charge < -0.3 is 15.5 Å². The lowest BCUT2D eigenvalue weighted by Gasteiger charge is -2.34. The molecule has 1 amide bonds. The van der Waals surface area contributed by atoms with Crippen molar-refractivity contribution in [2.24, 2.45) is 0 Å². The van der Waals surface area contributed by atoms with E-state index in [-0.39, 0.29) is 5.91 Å². The first-order valence-corrected chi connectivity index (χ1v) is 6.70. The van der Waals surface area contributed by atoms with Crippen LogP contribution < -0.4 is 10.6 Å². The van der Waals surface area contributed by atoms with Gasteiger partial charge in [-0.3, -0.25) is 9.78 Å². The average Bonchev–Trinajstić information content (AvgIpc) is 2.42. The van der Waals surface area contributed by atoms with Gasteiger partial charge in [0.2, 0.25) is 5.91 Å². The maximum atomic E-state index is 11.9. The minimum Gasteiger partial charge on any atom is -0.398 e. The molecule has 0 unspecified atom stereocenters. The molecule has 1 aromatic carbocycles. The lowest BCUT2D eigenvalue weighted by atomic mass is 10.1. The van der Waals surface area contributed by atoms with E-state index in [0.717, 1.165) is 40.9 Å². The minimum atomic E-state index is 0.145. The largest absolute Gasteiger partial charge is 0.398 e. The average molecular weight is 270 g/mol. The maximum Gasteiger partial charge on any atom is 0.241 e. The highest BCUT2D eigenvalue weighted by atomic mass is 16.2. The Bertz CT molecular complexity index is 683. The fraction of sp³-hybridized carbons (Fsp3) is 0.333. The summed E-state index contributed by atoms with van der Waals surface area (Å²) in [6, 6.07) is 5.91. The third-order valence-electron chi connectivity index (χ3n) is 3.85. The second kappa shape index (κ2) is 4.67. The van der Waals surface area contributed by atoms with Crippen molar-refractivity contribution in [1.29, 1.82) is 0 Å². The zero-order valence-corrected chi connectivity index (χ0v) is 11.8. The first kappa shape index (κ1) is 12.7. The topological polar surface area (TPSA) is 62.5 Å². The van der Waals surface area contributed by atoms with E-state index in [1.807, 2.05) is 32.2 Å². The summed E-state index contributed by atoms with van der Waals surface area (Å²) in [5, 5.41) is 2.01. The molecule has 1 aliphatic heterocycles. The van der Waals surface area contributed by atoms with E-state index in [4.69, 9.17) is 5.73 Å². The van der Waals surface area contributed by atoms with Crippen molar-refractivity contribution in [3.63, 3.8) is 0 Å². The van der Waals surface area contributed by atoms with Crippen molar-refractivity contribution in [1.82, 2.24) is 9.88 Å². The predicted molar refractivity (Wildman–Crippen MR) is 80.7 cm³/mol. The van der Waals surface area contributed by atoms with Crippen LogP contribution in [0.15, 0.2) is 24.4 Å². The number of nitrogens with zero attached hydrogens (tertiary/aromatic N) is 3. The number of hydrogen-bond acceptors (Lipinski definition) is 4. The molecule has 0 atom stereocenters. The molecule has 1 aliphatic rings. The second-order valence-corrected chi connectivity index (χ2v) is 5.28. The molecule has 20 heavy (non-hydrogen) atoms. The summed E-state index contributed by atoms with van der Waals surface area (Å²) >= 11 is 0. The number of benzene rings is 1. The number of anilines is 2. The molecule has 2 aromatic rings. The van der Waals surface area contributed by atoms with Crippen molar-refractivity contribution in [3.8, 4) is 0 Å². The van der Waals surface area contributed by atoms with Gasteiger partial charge in [0.15, 0.2) is 0 Å². The zero-order chi connectivity index (χ0) is 14.3. The van der Waals surface area contributed by atoms with Crippen LogP contribution >= 0.6 is 0 Å². The standard InChI is InChI=1S/C15H18N4O/c1-10-7-11-12(8-17-10)13(16)3-4-14(11)19-6-5-18(2)15(20)9-19/h3-4,7-8H,5-6,9,16H2,1-2H3. The molecule has 0 aliphatic carbocycles. The fourth-order valence-corrected chi connectivity index (χ4v) is 2.59. The van der Waals surface area contributed by atoms with Gasteiger partial charge in [-0.1, -0.05) is 0 Å². The number of nitrogens with two attached hydrogens (primary N) is 1. The molecule has 1 saturated heterocycles. The van der Waals surface area contributed by atoms with E-state index >= 15 is 0 Å². The summed E-state index contributed by atoms with van der Waals surface area (Å²) in [5.74, 6) is 0.145. The summed E-state index contributed by atoms with van der Waals surface area (Å²) < 4.78 is 0. The van der Waals surface area contributed by atoms with Gasteiger partial charge in [-0.2, -0.15) is 0 Å². The molecule has 5 nitrogen and oxygen atoms in total. The monoisotopic (exact) mass is 270 g/mol. The normalized spacial score (nSPS) is 16.0. The molecule has 0 radical (unpaired) electrons. The molecule has 2 heterocycles. The zero-order valence-electron chi connectivity index (χ0n) is 11.8. The molecule has 0 spiro atoms. The first-order valence-electron chi connectivity index (χ1n) is 6.70. The minimum absolute atomic E-state index is 0.145. The maximum absolute atomic E-state index is 11.9. The smallest absolute Gasteiger partial charge is 0.241 e. The van der Waals surface area contributed by atoms with Crippen LogP contribution in [0.25, 0.3) is 10.8 Å². The van der Waals surface area contributed by atoms with Crippen LogP contribution in [0.5, 0.6) is 0 Å². The Hall–Kier alpha value is -2.30. The Morgan fingerprint density at radius 3 is 2.80 bits per heavy atom. The molecule has 5 heteroatoms. The molecule has 0 saturated carbocycles. The van der Waals surface area contributed by atoms with E-state index in [1.165, 1.54) is 0 Å². The van der Waals surface area contributed by atoms with Crippen LogP contribution in [0.3, 0.4) is 0 Å². The van der Waals surface area contributed by atoms with Gasteiger partial charge in [0, 0.05) is 54.2 Å². The number of piperazine rings is 1. The molecule has 104 valence electrons.